The van der Waals surface area contributed by atoms with Crippen molar-refractivity contribution in [3.05, 3.63) is 53.3 Å². The van der Waals surface area contributed by atoms with Crippen LogP contribution in [0.2, 0.25) is 0 Å². The Morgan fingerprint density at radius 2 is 2.00 bits per heavy atom. The van der Waals surface area contributed by atoms with Crippen LogP contribution in [0.15, 0.2) is 53.3 Å². The minimum atomic E-state index is -0.544. The number of aromatic nitrogens is 1. The second-order valence-corrected chi connectivity index (χ2v) is 9.71. The van der Waals surface area contributed by atoms with E-state index in [0.29, 0.717) is 30.8 Å². The highest BCUT2D eigenvalue weighted by Gasteiger charge is 2.47. The molecular formula is C24H28BrN5O3. The molecule has 0 radical (unpaired) electrons. The van der Waals surface area contributed by atoms with Crippen LogP contribution in [0.5, 0.6) is 0 Å². The first-order chi connectivity index (χ1) is 15.9. The predicted octanol–water partition coefficient (Wildman–Crippen LogP) is 3.68. The summed E-state index contributed by atoms with van der Waals surface area (Å²) in [6.07, 6.45) is 7.21. The number of rotatable bonds is 6. The van der Waals surface area contributed by atoms with Gasteiger partial charge < -0.3 is 16.4 Å². The van der Waals surface area contributed by atoms with E-state index in [1.165, 1.54) is 6.20 Å². The number of benzene rings is 1. The third kappa shape index (κ3) is 5.97. The molecule has 2 fully saturated rings. The third-order valence-corrected chi connectivity index (χ3v) is 6.76. The summed E-state index contributed by atoms with van der Waals surface area (Å²) in [7, 11) is 0. The third-order valence-electron chi connectivity index (χ3n) is 6.27. The Morgan fingerprint density at radius 3 is 2.73 bits per heavy atom. The van der Waals surface area contributed by atoms with E-state index in [2.05, 4.69) is 31.5 Å². The number of imide groups is 1. The Bertz CT molecular complexity index is 1020. The predicted molar refractivity (Wildman–Crippen MR) is 129 cm³/mol. The molecule has 2 aromatic rings. The topological polar surface area (TPSA) is 117 Å². The molecule has 4 atom stereocenters. The van der Waals surface area contributed by atoms with Gasteiger partial charge in [0.1, 0.15) is 0 Å². The number of hydrogen-bond acceptors (Lipinski definition) is 5. The number of nitrogens with two attached hydrogens (primary N) is 1. The highest BCUT2D eigenvalue weighted by Crippen LogP contribution is 2.40. The lowest BCUT2D eigenvalue weighted by molar-refractivity contribution is -0.126. The maximum Gasteiger partial charge on any atom is 0.333 e. The molecule has 0 aliphatic heterocycles. The Hall–Kier alpha value is -2.78. The number of nitrogens with one attached hydrogen (secondary N) is 2. The van der Waals surface area contributed by atoms with Crippen LogP contribution >= 0.6 is 15.9 Å². The van der Waals surface area contributed by atoms with Gasteiger partial charge in [0.2, 0.25) is 11.8 Å². The van der Waals surface area contributed by atoms with Crippen molar-refractivity contribution in [1.82, 2.24) is 10.3 Å². The summed E-state index contributed by atoms with van der Waals surface area (Å²) in [4.78, 5) is 44.1. The van der Waals surface area contributed by atoms with Crippen LogP contribution in [0.3, 0.4) is 0 Å². The number of nitrogens with zero attached hydrogens (tertiary/aromatic N) is 2. The summed E-state index contributed by atoms with van der Waals surface area (Å²) < 4.78 is 0.816. The first-order valence-electron chi connectivity index (χ1n) is 11.3. The normalized spacial score (nSPS) is 23.9. The highest BCUT2D eigenvalue weighted by atomic mass is 79.9. The molecule has 33 heavy (non-hydrogen) atoms. The maximum atomic E-state index is 13.3. The summed E-state index contributed by atoms with van der Waals surface area (Å²) in [5, 5.41) is 5.77. The van der Waals surface area contributed by atoms with E-state index in [1.54, 1.807) is 36.5 Å². The second kappa shape index (κ2) is 10.4. The number of hydrogen-bond donors (Lipinski definition) is 3. The highest BCUT2D eigenvalue weighted by molar-refractivity contribution is 9.10. The van der Waals surface area contributed by atoms with Crippen LogP contribution in [0.25, 0.3) is 0 Å². The van der Waals surface area contributed by atoms with Gasteiger partial charge in [-0.05, 0) is 61.9 Å². The quantitative estimate of drug-likeness (QED) is 0.544. The summed E-state index contributed by atoms with van der Waals surface area (Å²) >= 11 is 3.38. The van der Waals surface area contributed by atoms with Gasteiger partial charge in [0.25, 0.3) is 0 Å². The minimum absolute atomic E-state index is 0.0107. The van der Waals surface area contributed by atoms with Crippen LogP contribution in [0.4, 0.5) is 16.2 Å². The molecule has 1 aromatic carbocycles. The lowest BCUT2D eigenvalue weighted by atomic mass is 9.85. The summed E-state index contributed by atoms with van der Waals surface area (Å²) in [6, 6.07) is 10.1. The molecule has 9 heteroatoms. The average Bonchev–Trinajstić information content (AvgIpc) is 3.58. The Labute approximate surface area is 201 Å². The van der Waals surface area contributed by atoms with Gasteiger partial charge in [-0.2, -0.15) is 0 Å². The molecule has 4 amide bonds. The molecule has 4 rings (SSSR count). The fraction of sp³-hybridized carbons (Fsp3) is 0.417. The van der Waals surface area contributed by atoms with Crippen LogP contribution < -0.4 is 21.3 Å². The summed E-state index contributed by atoms with van der Waals surface area (Å²) in [5.41, 5.74) is 6.97. The molecule has 2 saturated carbocycles. The van der Waals surface area contributed by atoms with Crippen LogP contribution in [-0.2, 0) is 9.59 Å². The maximum absolute atomic E-state index is 13.3. The Balaban J connectivity index is 1.39. The average molecular weight is 514 g/mol. The molecule has 0 saturated heterocycles. The standard InChI is InChI=1S/C24H28BrN5O3/c25-17-5-2-7-19(12-17)29-24(33)30(20-8-3-9-27-14-20)23(32)21-11-16(21)13-28-22(31)15-4-1-6-18(26)10-15/h2-3,5,7-9,12,14-16,18,21H,1,4,6,10-11,13,26H2,(H,28,31)(H,29,33)/t15-,16-,18+,21+/m0/s1. The Kier molecular flexibility index (Phi) is 7.39. The fourth-order valence-electron chi connectivity index (χ4n) is 4.36. The summed E-state index contributed by atoms with van der Waals surface area (Å²) in [6.45, 7) is 0.426. The van der Waals surface area contributed by atoms with E-state index < -0.39 is 6.03 Å². The van der Waals surface area contributed by atoms with Crippen LogP contribution in [0, 0.1) is 17.8 Å². The van der Waals surface area contributed by atoms with Crippen molar-refractivity contribution in [2.24, 2.45) is 23.5 Å². The number of carbonyl (C=O) groups excluding carboxylic acids is 3. The lowest BCUT2D eigenvalue weighted by Crippen LogP contribution is -2.42. The number of amides is 4. The van der Waals surface area contributed by atoms with Gasteiger partial charge in [-0.15, -0.1) is 0 Å². The van der Waals surface area contributed by atoms with Crippen molar-refractivity contribution in [3.63, 3.8) is 0 Å². The van der Waals surface area contributed by atoms with Gasteiger partial charge in [0.15, 0.2) is 0 Å². The van der Waals surface area contributed by atoms with Gasteiger partial charge in [-0.1, -0.05) is 28.4 Å². The van der Waals surface area contributed by atoms with Gasteiger partial charge in [0.05, 0.1) is 11.9 Å². The zero-order chi connectivity index (χ0) is 23.4. The zero-order valence-electron chi connectivity index (χ0n) is 18.2. The molecule has 2 aliphatic carbocycles. The molecule has 0 bridgehead atoms. The largest absolute Gasteiger partial charge is 0.356 e. The van der Waals surface area contributed by atoms with Gasteiger partial charge in [-0.3, -0.25) is 14.6 Å². The number of anilines is 2. The summed E-state index contributed by atoms with van der Waals surface area (Å²) in [5.74, 6) is -0.650. The lowest BCUT2D eigenvalue weighted by Gasteiger charge is -2.25. The zero-order valence-corrected chi connectivity index (χ0v) is 19.8. The number of halogens is 1. The molecular weight excluding hydrogens is 486 g/mol. The van der Waals surface area contributed by atoms with Crippen LogP contribution in [-0.4, -0.2) is 35.4 Å². The fourth-order valence-corrected chi connectivity index (χ4v) is 4.76. The van der Waals surface area contributed by atoms with E-state index in [4.69, 9.17) is 5.73 Å². The molecule has 0 unspecified atom stereocenters. The number of carbonyl (C=O) groups is 3. The van der Waals surface area contributed by atoms with E-state index in [9.17, 15) is 14.4 Å². The Morgan fingerprint density at radius 1 is 1.15 bits per heavy atom. The molecule has 1 aromatic heterocycles. The van der Waals surface area contributed by atoms with E-state index in [-0.39, 0.29) is 35.6 Å². The van der Waals surface area contributed by atoms with Crippen molar-refractivity contribution < 1.29 is 14.4 Å². The van der Waals surface area contributed by atoms with Crippen LogP contribution in [0.1, 0.15) is 32.1 Å². The van der Waals surface area contributed by atoms with Crippen molar-refractivity contribution >= 4 is 45.2 Å². The smallest absolute Gasteiger partial charge is 0.333 e. The van der Waals surface area contributed by atoms with Gasteiger partial charge in [0, 0.05) is 40.8 Å². The van der Waals surface area contributed by atoms with Crippen molar-refractivity contribution in [2.45, 2.75) is 38.1 Å². The van der Waals surface area contributed by atoms with Crippen molar-refractivity contribution in [1.29, 1.82) is 0 Å². The number of pyridine rings is 1. The van der Waals surface area contributed by atoms with E-state index >= 15 is 0 Å². The second-order valence-electron chi connectivity index (χ2n) is 8.80. The molecule has 0 spiro atoms. The van der Waals surface area contributed by atoms with Gasteiger partial charge in [-0.25, -0.2) is 9.69 Å². The first-order valence-corrected chi connectivity index (χ1v) is 12.1. The molecule has 4 N–H and O–H groups in total. The van der Waals surface area contributed by atoms with E-state index in [0.717, 1.165) is 28.6 Å². The number of urea groups is 1. The SMILES string of the molecule is N[C@@H]1CCC[C@H](C(=O)NC[C@@H]2C[C@H]2C(=O)N(C(=O)Nc2cccc(Br)c2)c2cccnc2)C1. The van der Waals surface area contributed by atoms with Crippen molar-refractivity contribution in [2.75, 3.05) is 16.8 Å². The molecule has 8 nitrogen and oxygen atoms in total. The first kappa shape index (κ1) is 23.4. The van der Waals surface area contributed by atoms with Crippen molar-refractivity contribution in [3.8, 4) is 0 Å². The molecule has 2 aliphatic rings. The van der Waals surface area contributed by atoms with E-state index in [1.807, 2.05) is 6.07 Å². The minimum Gasteiger partial charge on any atom is -0.356 e. The molecule has 174 valence electrons. The monoisotopic (exact) mass is 513 g/mol. The molecule has 1 heterocycles. The van der Waals surface area contributed by atoms with Gasteiger partial charge >= 0.3 is 6.03 Å².